The first-order valence-corrected chi connectivity index (χ1v) is 10.9. The van der Waals surface area contributed by atoms with Gasteiger partial charge in [-0.3, -0.25) is 14.7 Å². The largest absolute Gasteiger partial charge is 0.466 e. The molecular weight excluding hydrogens is 390 g/mol. The lowest BCUT2D eigenvalue weighted by atomic mass is 9.76. The third-order valence-electron chi connectivity index (χ3n) is 5.94. The fourth-order valence-electron chi connectivity index (χ4n) is 4.37. The predicted molar refractivity (Wildman–Crippen MR) is 118 cm³/mol. The summed E-state index contributed by atoms with van der Waals surface area (Å²) in [4.78, 5) is 19.5. The normalized spacial score (nSPS) is 19.3. The molecule has 1 aliphatic rings. The van der Waals surface area contributed by atoms with Gasteiger partial charge in [-0.05, 0) is 50.9 Å². The van der Waals surface area contributed by atoms with Crippen molar-refractivity contribution in [3.63, 3.8) is 0 Å². The van der Waals surface area contributed by atoms with Crippen molar-refractivity contribution < 1.29 is 14.1 Å². The second kappa shape index (κ2) is 9.43. The lowest BCUT2D eigenvalue weighted by molar-refractivity contribution is -0.159. The van der Waals surface area contributed by atoms with Gasteiger partial charge in [-0.1, -0.05) is 35.0 Å². The van der Waals surface area contributed by atoms with Crippen LogP contribution in [0.1, 0.15) is 36.7 Å². The van der Waals surface area contributed by atoms with Crippen molar-refractivity contribution in [2.45, 2.75) is 39.7 Å². The van der Waals surface area contributed by atoms with Crippen molar-refractivity contribution >= 4 is 5.97 Å². The highest BCUT2D eigenvalue weighted by atomic mass is 16.5. The molecule has 1 aliphatic heterocycles. The third kappa shape index (κ3) is 5.02. The molecule has 6 heteroatoms. The molecule has 0 radical (unpaired) electrons. The molecule has 3 heterocycles. The maximum atomic E-state index is 13.1. The fraction of sp³-hybridized carbons (Fsp3) is 0.400. The van der Waals surface area contributed by atoms with Crippen LogP contribution in [0.5, 0.6) is 0 Å². The van der Waals surface area contributed by atoms with Gasteiger partial charge in [0.15, 0.2) is 0 Å². The number of pyridine rings is 1. The van der Waals surface area contributed by atoms with E-state index in [2.05, 4.69) is 34.1 Å². The zero-order valence-electron chi connectivity index (χ0n) is 18.2. The highest BCUT2D eigenvalue weighted by molar-refractivity contribution is 5.77. The summed E-state index contributed by atoms with van der Waals surface area (Å²) in [6.07, 6.45) is 5.80. The lowest BCUT2D eigenvalue weighted by Crippen LogP contribution is -2.49. The van der Waals surface area contributed by atoms with Crippen molar-refractivity contribution in [3.8, 4) is 11.3 Å². The Balaban J connectivity index is 1.55. The average molecular weight is 420 g/mol. The van der Waals surface area contributed by atoms with Gasteiger partial charge >= 0.3 is 5.97 Å². The second-order valence-corrected chi connectivity index (χ2v) is 8.39. The molecule has 1 fully saturated rings. The number of benzene rings is 1. The van der Waals surface area contributed by atoms with Crippen LogP contribution in [0.15, 0.2) is 59.4 Å². The summed E-state index contributed by atoms with van der Waals surface area (Å²) < 4.78 is 11.2. The third-order valence-corrected chi connectivity index (χ3v) is 5.94. The number of nitrogens with zero attached hydrogens (tertiary/aromatic N) is 3. The number of carbonyl (C=O) groups is 1. The summed E-state index contributed by atoms with van der Waals surface area (Å²) in [5.74, 6) is 0.567. The number of rotatable bonds is 7. The summed E-state index contributed by atoms with van der Waals surface area (Å²) in [5, 5.41) is 4.26. The second-order valence-electron chi connectivity index (χ2n) is 8.39. The van der Waals surface area contributed by atoms with E-state index in [0.717, 1.165) is 42.9 Å². The Morgan fingerprint density at radius 3 is 2.71 bits per heavy atom. The smallest absolute Gasteiger partial charge is 0.313 e. The van der Waals surface area contributed by atoms with E-state index in [4.69, 9.17) is 9.26 Å². The minimum atomic E-state index is -0.634. The molecule has 0 bridgehead atoms. The maximum Gasteiger partial charge on any atom is 0.313 e. The van der Waals surface area contributed by atoms with E-state index in [-0.39, 0.29) is 5.97 Å². The van der Waals surface area contributed by atoms with Gasteiger partial charge in [-0.15, -0.1) is 0 Å². The molecule has 1 unspecified atom stereocenters. The molecule has 2 aromatic heterocycles. The Hall–Kier alpha value is -2.99. The molecule has 1 atom stereocenters. The molecular formula is C25H29N3O3. The number of hydrogen-bond donors (Lipinski definition) is 0. The molecule has 0 amide bonds. The first kappa shape index (κ1) is 21.2. The van der Waals surface area contributed by atoms with E-state index >= 15 is 0 Å². The molecule has 0 aliphatic carbocycles. The SMILES string of the molecule is CCOC(=O)C1(Cc2cc(-c3ccc(C)cc3)no2)CCCN(Cc2ccncc2)C1. The number of hydrogen-bond acceptors (Lipinski definition) is 6. The van der Waals surface area contributed by atoms with Crippen molar-refractivity contribution in [2.75, 3.05) is 19.7 Å². The highest BCUT2D eigenvalue weighted by Gasteiger charge is 2.44. The topological polar surface area (TPSA) is 68.5 Å². The molecule has 162 valence electrons. The van der Waals surface area contributed by atoms with Crippen LogP contribution in [0.2, 0.25) is 0 Å². The Kier molecular flexibility index (Phi) is 6.47. The fourth-order valence-corrected chi connectivity index (χ4v) is 4.37. The van der Waals surface area contributed by atoms with Crippen LogP contribution < -0.4 is 0 Å². The summed E-state index contributed by atoms with van der Waals surface area (Å²) in [5.41, 5.74) is 3.55. The highest BCUT2D eigenvalue weighted by Crippen LogP contribution is 2.36. The molecule has 4 rings (SSSR count). The zero-order chi connectivity index (χ0) is 21.7. The van der Waals surface area contributed by atoms with Crippen LogP contribution in [0.25, 0.3) is 11.3 Å². The summed E-state index contributed by atoms with van der Waals surface area (Å²) in [6, 6.07) is 14.2. The van der Waals surface area contributed by atoms with Crippen LogP contribution in [-0.4, -0.2) is 40.7 Å². The van der Waals surface area contributed by atoms with Gasteiger partial charge in [0, 0.05) is 43.5 Å². The first-order valence-electron chi connectivity index (χ1n) is 10.9. The zero-order valence-corrected chi connectivity index (χ0v) is 18.2. The molecule has 3 aromatic rings. The van der Waals surface area contributed by atoms with Crippen molar-refractivity contribution in [1.82, 2.24) is 15.0 Å². The molecule has 1 saturated heterocycles. The summed E-state index contributed by atoms with van der Waals surface area (Å²) >= 11 is 0. The Morgan fingerprint density at radius 1 is 1.19 bits per heavy atom. The number of aryl methyl sites for hydroxylation is 1. The van der Waals surface area contributed by atoms with Crippen LogP contribution in [-0.2, 0) is 22.5 Å². The van der Waals surface area contributed by atoms with Gasteiger partial charge < -0.3 is 9.26 Å². The van der Waals surface area contributed by atoms with Gasteiger partial charge in [0.25, 0.3) is 0 Å². The molecule has 0 saturated carbocycles. The van der Waals surface area contributed by atoms with Crippen molar-refractivity contribution in [3.05, 3.63) is 71.7 Å². The number of carbonyl (C=O) groups excluding carboxylic acids is 1. The number of piperidine rings is 1. The summed E-state index contributed by atoms with van der Waals surface area (Å²) in [6.45, 7) is 6.66. The number of aromatic nitrogens is 2. The summed E-state index contributed by atoms with van der Waals surface area (Å²) in [7, 11) is 0. The van der Waals surface area contributed by atoms with Gasteiger partial charge in [-0.2, -0.15) is 0 Å². The number of likely N-dealkylation sites (tertiary alicyclic amines) is 1. The minimum absolute atomic E-state index is 0.150. The van der Waals surface area contributed by atoms with Gasteiger partial charge in [0.05, 0.1) is 12.0 Å². The first-order chi connectivity index (χ1) is 15.1. The van der Waals surface area contributed by atoms with Crippen LogP contribution in [0, 0.1) is 12.3 Å². The number of ether oxygens (including phenoxy) is 1. The van der Waals surface area contributed by atoms with Crippen LogP contribution in [0.4, 0.5) is 0 Å². The standard InChI is InChI=1S/C25H29N3O3/c1-3-30-24(29)25(11-4-14-28(18-25)17-20-9-12-26-13-10-20)16-22-15-23(27-31-22)21-7-5-19(2)6-8-21/h5-10,12-13,15H,3-4,11,14,16-18H2,1-2H3. The van der Waals surface area contributed by atoms with Gasteiger partial charge in [0.1, 0.15) is 11.5 Å². The molecule has 0 N–H and O–H groups in total. The Morgan fingerprint density at radius 2 is 1.97 bits per heavy atom. The van der Waals surface area contributed by atoms with Crippen molar-refractivity contribution in [1.29, 1.82) is 0 Å². The van der Waals surface area contributed by atoms with Crippen LogP contribution in [0.3, 0.4) is 0 Å². The van der Waals surface area contributed by atoms with Gasteiger partial charge in [-0.25, -0.2) is 0 Å². The van der Waals surface area contributed by atoms with E-state index in [1.165, 1.54) is 11.1 Å². The quantitative estimate of drug-likeness (QED) is 0.528. The molecule has 6 nitrogen and oxygen atoms in total. The van der Waals surface area contributed by atoms with Crippen LogP contribution >= 0.6 is 0 Å². The van der Waals surface area contributed by atoms with Gasteiger partial charge in [0.2, 0.25) is 0 Å². The average Bonchev–Trinajstić information content (AvgIpc) is 3.23. The van der Waals surface area contributed by atoms with E-state index in [1.54, 1.807) is 12.4 Å². The number of esters is 1. The monoisotopic (exact) mass is 419 g/mol. The van der Waals surface area contributed by atoms with E-state index in [0.29, 0.717) is 19.6 Å². The molecule has 0 spiro atoms. The predicted octanol–water partition coefficient (Wildman–Crippen LogP) is 4.43. The molecule has 31 heavy (non-hydrogen) atoms. The van der Waals surface area contributed by atoms with E-state index < -0.39 is 5.41 Å². The maximum absolute atomic E-state index is 13.1. The molecule has 1 aromatic carbocycles. The Bertz CT molecular complexity index is 1000. The Labute approximate surface area is 183 Å². The minimum Gasteiger partial charge on any atom is -0.466 e. The van der Waals surface area contributed by atoms with Crippen molar-refractivity contribution in [2.24, 2.45) is 5.41 Å². The van der Waals surface area contributed by atoms with E-state index in [1.807, 2.05) is 37.3 Å². The lowest BCUT2D eigenvalue weighted by Gasteiger charge is -2.40. The van der Waals surface area contributed by atoms with E-state index in [9.17, 15) is 4.79 Å².